The average molecular weight is 227 g/mol. The number of nitrogens with zero attached hydrogens (tertiary/aromatic N) is 1. The Kier molecular flexibility index (Phi) is 4.23. The van der Waals surface area contributed by atoms with Crippen molar-refractivity contribution in [2.45, 2.75) is 32.9 Å². The van der Waals surface area contributed by atoms with Crippen LogP contribution in [0, 0.1) is 6.92 Å². The van der Waals surface area contributed by atoms with Crippen molar-refractivity contribution >= 4 is 17.2 Å². The summed E-state index contributed by atoms with van der Waals surface area (Å²) in [6.07, 6.45) is 0. The van der Waals surface area contributed by atoms with Crippen LogP contribution < -0.4 is 10.6 Å². The Morgan fingerprint density at radius 1 is 1.53 bits per heavy atom. The third kappa shape index (κ3) is 3.28. The van der Waals surface area contributed by atoms with E-state index in [2.05, 4.69) is 15.6 Å². The Bertz CT molecular complexity index is 337. The number of aromatic nitrogens is 1. The van der Waals surface area contributed by atoms with Gasteiger partial charge in [0.15, 0.2) is 0 Å². The van der Waals surface area contributed by atoms with Crippen LogP contribution in [-0.2, 0) is 4.79 Å². The van der Waals surface area contributed by atoms with Gasteiger partial charge in [0, 0.05) is 18.5 Å². The molecule has 1 rings (SSSR count). The maximum Gasteiger partial charge on any atom is 0.236 e. The molecule has 1 aromatic heterocycles. The minimum Gasteiger partial charge on any atom is -0.358 e. The van der Waals surface area contributed by atoms with Crippen molar-refractivity contribution in [2.24, 2.45) is 0 Å². The summed E-state index contributed by atoms with van der Waals surface area (Å²) < 4.78 is 0. The van der Waals surface area contributed by atoms with Gasteiger partial charge in [0.2, 0.25) is 5.91 Å². The molecule has 1 amide bonds. The van der Waals surface area contributed by atoms with E-state index >= 15 is 0 Å². The van der Waals surface area contributed by atoms with Crippen LogP contribution in [0.25, 0.3) is 0 Å². The molecule has 2 N–H and O–H groups in total. The minimum atomic E-state index is -0.202. The number of likely N-dealkylation sites (N-methyl/N-ethyl adjacent to an activating group) is 1. The van der Waals surface area contributed by atoms with Gasteiger partial charge in [0.05, 0.1) is 16.7 Å². The molecule has 15 heavy (non-hydrogen) atoms. The van der Waals surface area contributed by atoms with Crippen molar-refractivity contribution in [3.63, 3.8) is 0 Å². The number of carbonyl (C=O) groups excluding carboxylic acids is 1. The van der Waals surface area contributed by atoms with Crippen LogP contribution in [0.3, 0.4) is 0 Å². The number of aryl methyl sites for hydroxylation is 1. The summed E-state index contributed by atoms with van der Waals surface area (Å²) in [7, 11) is 1.64. The Labute approximate surface area is 94.1 Å². The molecule has 5 heteroatoms. The Balaban J connectivity index is 2.55. The molecule has 4 nitrogen and oxygen atoms in total. The fraction of sp³-hybridized carbons (Fsp3) is 0.600. The van der Waals surface area contributed by atoms with Gasteiger partial charge in [-0.15, -0.1) is 11.3 Å². The first-order chi connectivity index (χ1) is 7.04. The van der Waals surface area contributed by atoms with E-state index in [1.165, 1.54) is 0 Å². The third-order valence-corrected chi connectivity index (χ3v) is 3.01. The molecule has 1 aromatic rings. The van der Waals surface area contributed by atoms with Crippen LogP contribution in [0.5, 0.6) is 0 Å². The normalized spacial score (nSPS) is 14.7. The summed E-state index contributed by atoms with van der Waals surface area (Å²) >= 11 is 1.62. The van der Waals surface area contributed by atoms with Crippen molar-refractivity contribution in [2.75, 3.05) is 7.05 Å². The Morgan fingerprint density at radius 3 is 2.67 bits per heavy atom. The highest BCUT2D eigenvalue weighted by atomic mass is 32.1. The maximum absolute atomic E-state index is 11.3. The quantitative estimate of drug-likeness (QED) is 0.813. The van der Waals surface area contributed by atoms with Crippen molar-refractivity contribution < 1.29 is 4.79 Å². The zero-order valence-corrected chi connectivity index (χ0v) is 10.3. The first-order valence-corrected chi connectivity index (χ1v) is 5.82. The number of amides is 1. The highest BCUT2D eigenvalue weighted by Crippen LogP contribution is 2.15. The smallest absolute Gasteiger partial charge is 0.236 e. The van der Waals surface area contributed by atoms with Gasteiger partial charge in [0.25, 0.3) is 0 Å². The lowest BCUT2D eigenvalue weighted by Crippen LogP contribution is -2.41. The summed E-state index contributed by atoms with van der Waals surface area (Å²) in [4.78, 5) is 15.7. The summed E-state index contributed by atoms with van der Waals surface area (Å²) in [5.74, 6) is -0.00574. The molecule has 0 saturated heterocycles. The van der Waals surface area contributed by atoms with Gasteiger partial charge in [0.1, 0.15) is 0 Å². The molecule has 0 aliphatic rings. The summed E-state index contributed by atoms with van der Waals surface area (Å²) in [5.41, 5.74) is 0.994. The molecule has 1 heterocycles. The molecule has 0 aliphatic carbocycles. The lowest BCUT2D eigenvalue weighted by molar-refractivity contribution is -0.122. The molecular weight excluding hydrogens is 210 g/mol. The monoisotopic (exact) mass is 227 g/mol. The van der Waals surface area contributed by atoms with Gasteiger partial charge in [-0.3, -0.25) is 10.1 Å². The van der Waals surface area contributed by atoms with Gasteiger partial charge in [-0.25, -0.2) is 4.98 Å². The molecule has 0 fully saturated rings. The average Bonchev–Trinajstić information content (AvgIpc) is 2.63. The second kappa shape index (κ2) is 5.23. The van der Waals surface area contributed by atoms with Crippen LogP contribution in [0.4, 0.5) is 0 Å². The Hall–Kier alpha value is -0.940. The summed E-state index contributed by atoms with van der Waals surface area (Å²) in [5, 5.41) is 8.86. The molecule has 2 atom stereocenters. The first-order valence-electron chi connectivity index (χ1n) is 4.94. The van der Waals surface area contributed by atoms with E-state index in [4.69, 9.17) is 0 Å². The lowest BCUT2D eigenvalue weighted by atomic mass is 10.2. The highest BCUT2D eigenvalue weighted by Gasteiger charge is 2.16. The second-order valence-electron chi connectivity index (χ2n) is 3.52. The molecule has 0 spiro atoms. The van der Waals surface area contributed by atoms with Crippen LogP contribution in [0.1, 0.15) is 30.6 Å². The number of hydrogen-bond donors (Lipinski definition) is 2. The minimum absolute atomic E-state index is 0.00574. The van der Waals surface area contributed by atoms with Crippen molar-refractivity contribution in [1.29, 1.82) is 0 Å². The van der Waals surface area contributed by atoms with Crippen LogP contribution in [0.2, 0.25) is 0 Å². The van der Waals surface area contributed by atoms with Gasteiger partial charge in [-0.2, -0.15) is 0 Å². The number of thiazole rings is 1. The molecule has 0 radical (unpaired) electrons. The molecule has 0 aliphatic heterocycles. The van der Waals surface area contributed by atoms with E-state index in [1.807, 2.05) is 26.2 Å². The number of carbonyl (C=O) groups is 1. The summed E-state index contributed by atoms with van der Waals surface area (Å²) in [6.45, 7) is 5.82. The zero-order valence-electron chi connectivity index (χ0n) is 9.50. The first kappa shape index (κ1) is 12.1. The van der Waals surface area contributed by atoms with E-state index in [9.17, 15) is 4.79 Å². The van der Waals surface area contributed by atoms with Crippen molar-refractivity contribution in [3.05, 3.63) is 16.1 Å². The SMILES string of the molecule is CNC(=O)C(C)NC(C)c1csc(C)n1. The molecule has 0 aromatic carbocycles. The largest absolute Gasteiger partial charge is 0.358 e. The number of rotatable bonds is 4. The second-order valence-corrected chi connectivity index (χ2v) is 4.58. The van der Waals surface area contributed by atoms with E-state index in [0.29, 0.717) is 0 Å². The maximum atomic E-state index is 11.3. The van der Waals surface area contributed by atoms with Crippen LogP contribution >= 0.6 is 11.3 Å². The fourth-order valence-corrected chi connectivity index (χ4v) is 2.04. The van der Waals surface area contributed by atoms with E-state index < -0.39 is 0 Å². The van der Waals surface area contributed by atoms with E-state index in [1.54, 1.807) is 18.4 Å². The van der Waals surface area contributed by atoms with Gasteiger partial charge < -0.3 is 5.32 Å². The van der Waals surface area contributed by atoms with Gasteiger partial charge >= 0.3 is 0 Å². The molecule has 0 saturated carbocycles. The van der Waals surface area contributed by atoms with Gasteiger partial charge in [-0.05, 0) is 20.8 Å². The Morgan fingerprint density at radius 2 is 2.20 bits per heavy atom. The predicted molar refractivity (Wildman–Crippen MR) is 61.9 cm³/mol. The van der Waals surface area contributed by atoms with Crippen molar-refractivity contribution in [3.8, 4) is 0 Å². The third-order valence-electron chi connectivity index (χ3n) is 2.22. The van der Waals surface area contributed by atoms with Crippen molar-refractivity contribution in [1.82, 2.24) is 15.6 Å². The lowest BCUT2D eigenvalue weighted by Gasteiger charge is -2.17. The molecule has 84 valence electrons. The topological polar surface area (TPSA) is 54.0 Å². The van der Waals surface area contributed by atoms with Crippen LogP contribution in [-0.4, -0.2) is 24.0 Å². The standard InChI is InChI=1S/C10H17N3OS/c1-6(9-5-15-8(3)13-9)12-7(2)10(14)11-4/h5-7,12H,1-4H3,(H,11,14). The highest BCUT2D eigenvalue weighted by molar-refractivity contribution is 7.09. The van der Waals surface area contributed by atoms with E-state index in [0.717, 1.165) is 10.7 Å². The summed E-state index contributed by atoms with van der Waals surface area (Å²) in [6, 6.07) is -0.103. The molecule has 2 unspecified atom stereocenters. The fourth-order valence-electron chi connectivity index (χ4n) is 1.33. The number of hydrogen-bond acceptors (Lipinski definition) is 4. The van der Waals surface area contributed by atoms with Gasteiger partial charge in [-0.1, -0.05) is 0 Å². The zero-order chi connectivity index (χ0) is 11.4. The number of nitrogens with one attached hydrogen (secondary N) is 2. The van der Waals surface area contributed by atoms with Crippen LogP contribution in [0.15, 0.2) is 5.38 Å². The predicted octanol–water partition coefficient (Wildman–Crippen LogP) is 1.24. The molecule has 0 bridgehead atoms. The molecular formula is C10H17N3OS. The van der Waals surface area contributed by atoms with E-state index in [-0.39, 0.29) is 18.0 Å².